The van der Waals surface area contributed by atoms with Gasteiger partial charge in [0.2, 0.25) is 0 Å². The van der Waals surface area contributed by atoms with E-state index in [0.717, 1.165) is 29.0 Å². The number of nitrogens with two attached hydrogens (primary N) is 1. The quantitative estimate of drug-likeness (QED) is 0.272. The summed E-state index contributed by atoms with van der Waals surface area (Å²) in [6, 6.07) is 19.3. The summed E-state index contributed by atoms with van der Waals surface area (Å²) in [5.74, 6) is 1.46. The maximum Gasteiger partial charge on any atom is 0.162 e. The van der Waals surface area contributed by atoms with Crippen molar-refractivity contribution in [3.8, 4) is 11.5 Å². The molecule has 0 saturated heterocycles. The van der Waals surface area contributed by atoms with E-state index >= 15 is 0 Å². The zero-order chi connectivity index (χ0) is 23.9. The van der Waals surface area contributed by atoms with E-state index in [-0.39, 0.29) is 6.10 Å². The molecule has 0 bridgehead atoms. The average Bonchev–Trinajstić information content (AvgIpc) is 2.85. The molecule has 0 aromatic heterocycles. The van der Waals surface area contributed by atoms with Gasteiger partial charge in [-0.3, -0.25) is 0 Å². The van der Waals surface area contributed by atoms with E-state index in [2.05, 4.69) is 5.32 Å². The van der Waals surface area contributed by atoms with Gasteiger partial charge in [0.1, 0.15) is 6.61 Å². The molecule has 1 aliphatic heterocycles. The van der Waals surface area contributed by atoms with Crippen molar-refractivity contribution >= 4 is 28.9 Å². The van der Waals surface area contributed by atoms with Crippen molar-refractivity contribution in [1.29, 1.82) is 0 Å². The highest BCUT2D eigenvalue weighted by atomic mass is 35.5. The van der Waals surface area contributed by atoms with Gasteiger partial charge in [0.15, 0.2) is 17.6 Å². The first-order chi connectivity index (χ1) is 16.5. The van der Waals surface area contributed by atoms with Gasteiger partial charge >= 0.3 is 0 Å². The predicted octanol–water partition coefficient (Wildman–Crippen LogP) is 4.80. The van der Waals surface area contributed by atoms with E-state index in [1.807, 2.05) is 48.5 Å². The monoisotopic (exact) mass is 502 g/mol. The maximum atomic E-state index is 10.4. The lowest BCUT2D eigenvalue weighted by molar-refractivity contribution is 0.00266. The van der Waals surface area contributed by atoms with Crippen LogP contribution in [0.25, 0.3) is 0 Å². The standard InChI is InChI=1S/C26H28Cl2N2O4/c27-21-11-19(12-22(28)26(21)29)23(31)13-30-9-8-17-6-7-24-25(10-17)34-20(16-33-24)15-32-14-18-4-2-1-3-5-18/h1-7,10-12,20,23,30-31H,8-9,13-16,29H2. The number of benzene rings is 3. The molecule has 2 atom stereocenters. The van der Waals surface area contributed by atoms with Crippen LogP contribution in [0.4, 0.5) is 5.69 Å². The fraction of sp³-hybridized carbons (Fsp3) is 0.308. The molecule has 0 aliphatic carbocycles. The lowest BCUT2D eigenvalue weighted by Gasteiger charge is -2.27. The fourth-order valence-corrected chi connectivity index (χ4v) is 4.17. The zero-order valence-electron chi connectivity index (χ0n) is 18.7. The Morgan fingerprint density at radius 1 is 1.03 bits per heavy atom. The molecule has 4 N–H and O–H groups in total. The lowest BCUT2D eigenvalue weighted by Crippen LogP contribution is -2.33. The highest BCUT2D eigenvalue weighted by Gasteiger charge is 2.21. The minimum Gasteiger partial charge on any atom is -0.486 e. The minimum absolute atomic E-state index is 0.154. The number of nitrogens with one attached hydrogen (secondary N) is 1. The Morgan fingerprint density at radius 2 is 1.79 bits per heavy atom. The molecular formula is C26H28Cl2N2O4. The van der Waals surface area contributed by atoms with Gasteiger partial charge in [-0.25, -0.2) is 0 Å². The first-order valence-electron chi connectivity index (χ1n) is 11.2. The normalized spacial score (nSPS) is 15.8. The summed E-state index contributed by atoms with van der Waals surface area (Å²) < 4.78 is 17.7. The Morgan fingerprint density at radius 3 is 2.56 bits per heavy atom. The summed E-state index contributed by atoms with van der Waals surface area (Å²) in [6.45, 7) is 2.50. The Balaban J connectivity index is 1.23. The van der Waals surface area contributed by atoms with Crippen LogP contribution in [0.5, 0.6) is 11.5 Å². The van der Waals surface area contributed by atoms with Gasteiger partial charge in [0, 0.05) is 6.54 Å². The van der Waals surface area contributed by atoms with E-state index in [9.17, 15) is 5.11 Å². The molecule has 0 radical (unpaired) electrons. The number of anilines is 1. The van der Waals surface area contributed by atoms with E-state index in [0.29, 0.717) is 54.2 Å². The third kappa shape index (κ3) is 6.56. The summed E-state index contributed by atoms with van der Waals surface area (Å²) in [7, 11) is 0. The molecule has 180 valence electrons. The lowest BCUT2D eigenvalue weighted by atomic mass is 10.1. The third-order valence-corrected chi connectivity index (χ3v) is 6.18. The molecule has 0 amide bonds. The van der Waals surface area contributed by atoms with Crippen LogP contribution in [-0.2, 0) is 17.8 Å². The van der Waals surface area contributed by atoms with Crippen LogP contribution in [0.3, 0.4) is 0 Å². The van der Waals surface area contributed by atoms with Crippen molar-refractivity contribution in [1.82, 2.24) is 5.32 Å². The van der Waals surface area contributed by atoms with Gasteiger partial charge in [0.05, 0.1) is 35.1 Å². The van der Waals surface area contributed by atoms with Crippen LogP contribution in [0.15, 0.2) is 60.7 Å². The van der Waals surface area contributed by atoms with Gasteiger partial charge < -0.3 is 30.4 Å². The number of ether oxygens (including phenoxy) is 3. The number of nitrogen functional groups attached to an aromatic ring is 1. The highest BCUT2D eigenvalue weighted by Crippen LogP contribution is 2.33. The van der Waals surface area contributed by atoms with Crippen molar-refractivity contribution in [2.24, 2.45) is 0 Å². The van der Waals surface area contributed by atoms with E-state index in [4.69, 9.17) is 43.1 Å². The van der Waals surface area contributed by atoms with E-state index in [1.165, 1.54) is 0 Å². The number of fused-ring (bicyclic) bond motifs is 1. The van der Waals surface area contributed by atoms with Crippen LogP contribution < -0.4 is 20.5 Å². The molecule has 1 aliphatic rings. The molecule has 3 aromatic rings. The molecule has 8 heteroatoms. The summed E-state index contributed by atoms with van der Waals surface area (Å²) in [5.41, 5.74) is 8.92. The van der Waals surface area contributed by atoms with E-state index in [1.54, 1.807) is 12.1 Å². The Labute approximate surface area is 209 Å². The molecular weight excluding hydrogens is 475 g/mol. The van der Waals surface area contributed by atoms with E-state index < -0.39 is 6.10 Å². The van der Waals surface area contributed by atoms with Gasteiger partial charge in [-0.1, -0.05) is 59.6 Å². The molecule has 3 aromatic carbocycles. The number of aliphatic hydroxyl groups excluding tert-OH is 1. The molecule has 4 rings (SSSR count). The summed E-state index contributed by atoms with van der Waals surface area (Å²) in [4.78, 5) is 0. The number of hydrogen-bond acceptors (Lipinski definition) is 6. The largest absolute Gasteiger partial charge is 0.486 e. The van der Waals surface area contributed by atoms with Crippen molar-refractivity contribution in [2.45, 2.75) is 25.2 Å². The average molecular weight is 503 g/mol. The number of hydrogen-bond donors (Lipinski definition) is 3. The third-order valence-electron chi connectivity index (χ3n) is 5.56. The van der Waals surface area contributed by atoms with Crippen molar-refractivity contribution in [2.75, 3.05) is 32.0 Å². The second-order valence-corrected chi connectivity index (χ2v) is 9.02. The molecule has 0 spiro atoms. The second kappa shape index (κ2) is 11.8. The topological polar surface area (TPSA) is 86.0 Å². The summed E-state index contributed by atoms with van der Waals surface area (Å²) >= 11 is 12.1. The van der Waals surface area contributed by atoms with Crippen molar-refractivity contribution in [3.05, 3.63) is 87.4 Å². The van der Waals surface area contributed by atoms with Crippen LogP contribution in [0, 0.1) is 0 Å². The summed E-state index contributed by atoms with van der Waals surface area (Å²) in [6.07, 6.45) is -0.132. The fourth-order valence-electron chi connectivity index (χ4n) is 3.67. The van der Waals surface area contributed by atoms with Crippen molar-refractivity contribution < 1.29 is 19.3 Å². The van der Waals surface area contributed by atoms with Crippen LogP contribution >= 0.6 is 23.2 Å². The van der Waals surface area contributed by atoms with Gasteiger partial charge in [-0.05, 0) is 53.9 Å². The number of halogens is 2. The molecule has 0 fully saturated rings. The number of rotatable bonds is 10. The van der Waals surface area contributed by atoms with Crippen LogP contribution in [0.2, 0.25) is 10.0 Å². The van der Waals surface area contributed by atoms with Gasteiger partial charge in [-0.2, -0.15) is 0 Å². The molecule has 34 heavy (non-hydrogen) atoms. The van der Waals surface area contributed by atoms with Gasteiger partial charge in [0.25, 0.3) is 0 Å². The van der Waals surface area contributed by atoms with Gasteiger partial charge in [-0.15, -0.1) is 0 Å². The predicted molar refractivity (Wildman–Crippen MR) is 135 cm³/mol. The second-order valence-electron chi connectivity index (χ2n) is 8.20. The summed E-state index contributed by atoms with van der Waals surface area (Å²) in [5, 5.41) is 14.3. The molecule has 6 nitrogen and oxygen atoms in total. The zero-order valence-corrected chi connectivity index (χ0v) is 20.2. The smallest absolute Gasteiger partial charge is 0.162 e. The Hall–Kier alpha value is -2.48. The maximum absolute atomic E-state index is 10.4. The van der Waals surface area contributed by atoms with Crippen LogP contribution in [-0.4, -0.2) is 37.5 Å². The molecule has 0 saturated carbocycles. The molecule has 1 heterocycles. The Bertz CT molecular complexity index is 1070. The first-order valence-corrected chi connectivity index (χ1v) is 11.9. The first kappa shape index (κ1) is 24.6. The molecule has 2 unspecified atom stereocenters. The Kier molecular flexibility index (Phi) is 8.53. The minimum atomic E-state index is -0.743. The SMILES string of the molecule is Nc1c(Cl)cc(C(O)CNCCc2ccc3c(c2)OC(COCc2ccccc2)CO3)cc1Cl. The number of aliphatic hydroxyl groups is 1. The van der Waals surface area contributed by atoms with Crippen molar-refractivity contribution in [3.63, 3.8) is 0 Å². The highest BCUT2D eigenvalue weighted by molar-refractivity contribution is 6.38. The van der Waals surface area contributed by atoms with Crippen LogP contribution in [0.1, 0.15) is 22.8 Å².